The van der Waals surface area contributed by atoms with Crippen molar-refractivity contribution in [3.05, 3.63) is 59.4 Å². The number of methoxy groups -OCH3 is 1. The van der Waals surface area contributed by atoms with Crippen LogP contribution in [-0.2, 0) is 7.05 Å². The third-order valence-electron chi connectivity index (χ3n) is 6.92. The molecule has 0 unspecified atom stereocenters. The molecule has 3 N–H and O–H groups in total. The molecule has 1 saturated heterocycles. The van der Waals surface area contributed by atoms with E-state index in [2.05, 4.69) is 30.6 Å². The molecule has 0 saturated carbocycles. The van der Waals surface area contributed by atoms with Crippen LogP contribution in [0.5, 0.6) is 5.88 Å². The van der Waals surface area contributed by atoms with E-state index in [1.54, 1.807) is 30.0 Å². The second-order valence-electron chi connectivity index (χ2n) is 9.71. The van der Waals surface area contributed by atoms with E-state index in [1.807, 2.05) is 32.3 Å². The fraction of sp³-hybridized carbons (Fsp3) is 0.357. The molecule has 0 atom stereocenters. The van der Waals surface area contributed by atoms with E-state index in [1.165, 1.54) is 25.5 Å². The lowest BCUT2D eigenvalue weighted by atomic mass is 10.1. The van der Waals surface area contributed by atoms with Gasteiger partial charge in [-0.2, -0.15) is 0 Å². The molecule has 10 nitrogen and oxygen atoms in total. The minimum Gasteiger partial charge on any atom is -0.479 e. The fourth-order valence-corrected chi connectivity index (χ4v) is 4.79. The summed E-state index contributed by atoms with van der Waals surface area (Å²) in [5.74, 6) is 0.0565. The number of H-pyrrole nitrogens is 1. The predicted molar refractivity (Wildman–Crippen MR) is 147 cm³/mol. The fourth-order valence-electron chi connectivity index (χ4n) is 4.79. The summed E-state index contributed by atoms with van der Waals surface area (Å²) in [4.78, 5) is 36.0. The molecule has 2 amide bonds. The summed E-state index contributed by atoms with van der Waals surface area (Å²) in [7, 11) is 3.40. The summed E-state index contributed by atoms with van der Waals surface area (Å²) in [6.45, 7) is 5.54. The lowest BCUT2D eigenvalue weighted by Gasteiger charge is -2.26. The number of nitrogens with zero attached hydrogens (tertiary/aromatic N) is 4. The molecule has 3 aromatic heterocycles. The molecule has 10 heteroatoms. The number of aryl methyl sites for hydroxylation is 2. The van der Waals surface area contributed by atoms with Gasteiger partial charge in [0, 0.05) is 49.2 Å². The van der Waals surface area contributed by atoms with E-state index < -0.39 is 0 Å². The number of ether oxygens (including phenoxy) is 1. The van der Waals surface area contributed by atoms with Gasteiger partial charge >= 0.3 is 0 Å². The van der Waals surface area contributed by atoms with Gasteiger partial charge in [-0.25, -0.2) is 4.98 Å². The summed E-state index contributed by atoms with van der Waals surface area (Å²) in [5, 5.41) is 11.0. The number of piperidine rings is 1. The normalized spacial score (nSPS) is 14.0. The van der Waals surface area contributed by atoms with E-state index in [4.69, 9.17) is 4.74 Å². The van der Waals surface area contributed by atoms with Crippen LogP contribution in [0.15, 0.2) is 42.7 Å². The monoisotopic (exact) mass is 515 g/mol. The van der Waals surface area contributed by atoms with Crippen molar-refractivity contribution in [1.82, 2.24) is 30.0 Å². The number of hydrogen-bond acceptors (Lipinski definition) is 6. The molecular weight excluding hydrogens is 482 g/mol. The Labute approximate surface area is 221 Å². The van der Waals surface area contributed by atoms with Crippen molar-refractivity contribution >= 4 is 28.5 Å². The number of rotatable bonds is 8. The van der Waals surface area contributed by atoms with Crippen LogP contribution >= 0.6 is 0 Å². The Kier molecular flexibility index (Phi) is 7.41. The summed E-state index contributed by atoms with van der Waals surface area (Å²) in [6.07, 6.45) is 7.13. The largest absolute Gasteiger partial charge is 0.479 e. The van der Waals surface area contributed by atoms with Gasteiger partial charge in [0.1, 0.15) is 5.65 Å². The first-order chi connectivity index (χ1) is 18.4. The summed E-state index contributed by atoms with van der Waals surface area (Å²) in [5.41, 5.74) is 4.64. The minimum absolute atomic E-state index is 0.147. The molecular formula is C28H33N7O3. The molecule has 5 rings (SSSR count). The van der Waals surface area contributed by atoms with Gasteiger partial charge in [-0.05, 0) is 62.7 Å². The van der Waals surface area contributed by atoms with Crippen LogP contribution in [0.4, 0.5) is 5.69 Å². The van der Waals surface area contributed by atoms with Crippen molar-refractivity contribution in [2.45, 2.75) is 26.2 Å². The molecule has 0 bridgehead atoms. The van der Waals surface area contributed by atoms with Crippen LogP contribution < -0.4 is 15.4 Å². The average Bonchev–Trinajstić information content (AvgIpc) is 3.52. The molecule has 38 heavy (non-hydrogen) atoms. The van der Waals surface area contributed by atoms with Crippen LogP contribution in [0, 0.1) is 6.92 Å². The Morgan fingerprint density at radius 3 is 2.68 bits per heavy atom. The van der Waals surface area contributed by atoms with Gasteiger partial charge in [0.05, 0.1) is 23.9 Å². The quantitative estimate of drug-likeness (QED) is 0.329. The number of likely N-dealkylation sites (tertiary alicyclic amines) is 1. The molecule has 1 fully saturated rings. The standard InChI is InChI=1S/C28H33N7O3/c1-18-7-8-19(26(36)29-9-12-35-10-5-4-6-11-35)14-23(18)32-27(37)21-13-20-15-24(31-25(20)30-16-21)22-17-34(2)33-28(22)38-3/h7-8,13-17H,4-6,9-12H2,1-3H3,(H,29,36)(H,30,31)(H,32,37). The zero-order valence-corrected chi connectivity index (χ0v) is 22.0. The van der Waals surface area contributed by atoms with Crippen molar-refractivity contribution in [2.24, 2.45) is 7.05 Å². The molecule has 4 aromatic rings. The molecule has 1 aromatic carbocycles. The van der Waals surface area contributed by atoms with Gasteiger partial charge in [-0.15, -0.1) is 5.10 Å². The maximum absolute atomic E-state index is 13.1. The third-order valence-corrected chi connectivity index (χ3v) is 6.92. The zero-order chi connectivity index (χ0) is 26.6. The van der Waals surface area contributed by atoms with Crippen molar-refractivity contribution in [3.63, 3.8) is 0 Å². The summed E-state index contributed by atoms with van der Waals surface area (Å²) >= 11 is 0. The highest BCUT2D eigenvalue weighted by Gasteiger charge is 2.16. The predicted octanol–water partition coefficient (Wildman–Crippen LogP) is 3.75. The summed E-state index contributed by atoms with van der Waals surface area (Å²) < 4.78 is 7.04. The molecule has 198 valence electrons. The van der Waals surface area contributed by atoms with Crippen LogP contribution in [-0.4, -0.2) is 69.8 Å². The highest BCUT2D eigenvalue weighted by molar-refractivity contribution is 6.07. The van der Waals surface area contributed by atoms with E-state index in [0.29, 0.717) is 34.9 Å². The van der Waals surface area contributed by atoms with Gasteiger partial charge < -0.3 is 25.3 Å². The van der Waals surface area contributed by atoms with E-state index >= 15 is 0 Å². The highest BCUT2D eigenvalue weighted by atomic mass is 16.5. The number of amides is 2. The molecule has 4 heterocycles. The first-order valence-electron chi connectivity index (χ1n) is 12.9. The topological polar surface area (TPSA) is 117 Å². The molecule has 0 radical (unpaired) electrons. The van der Waals surface area contributed by atoms with Crippen molar-refractivity contribution in [2.75, 3.05) is 38.6 Å². The molecule has 0 aliphatic carbocycles. The number of carbonyl (C=O) groups excluding carboxylic acids is 2. The number of pyridine rings is 1. The maximum Gasteiger partial charge on any atom is 0.257 e. The van der Waals surface area contributed by atoms with Crippen LogP contribution in [0.2, 0.25) is 0 Å². The second kappa shape index (κ2) is 11.1. The van der Waals surface area contributed by atoms with Crippen LogP contribution in [0.3, 0.4) is 0 Å². The van der Waals surface area contributed by atoms with Gasteiger partial charge in [0.25, 0.3) is 11.8 Å². The Bertz CT molecular complexity index is 1470. The SMILES string of the molecule is COc1nn(C)cc1-c1cc2cc(C(=O)Nc3cc(C(=O)NCCN4CCCCC4)ccc3C)cnc2[nH]1. The lowest BCUT2D eigenvalue weighted by Crippen LogP contribution is -2.37. The molecule has 1 aliphatic heterocycles. The van der Waals surface area contributed by atoms with E-state index in [-0.39, 0.29) is 11.8 Å². The van der Waals surface area contributed by atoms with Crippen molar-refractivity contribution < 1.29 is 14.3 Å². The van der Waals surface area contributed by atoms with Crippen molar-refractivity contribution in [1.29, 1.82) is 0 Å². The number of benzene rings is 1. The maximum atomic E-state index is 13.1. The Hall–Kier alpha value is -4.18. The zero-order valence-electron chi connectivity index (χ0n) is 22.0. The number of nitrogens with one attached hydrogen (secondary N) is 3. The number of carbonyl (C=O) groups is 2. The number of anilines is 1. The number of aromatic amines is 1. The van der Waals surface area contributed by atoms with Gasteiger partial charge in [0.2, 0.25) is 5.88 Å². The van der Waals surface area contributed by atoms with Crippen LogP contribution in [0.1, 0.15) is 45.5 Å². The molecule has 1 aliphatic rings. The Morgan fingerprint density at radius 1 is 1.08 bits per heavy atom. The average molecular weight is 516 g/mol. The van der Waals surface area contributed by atoms with Crippen molar-refractivity contribution in [3.8, 4) is 17.1 Å². The number of fused-ring (bicyclic) bond motifs is 1. The smallest absolute Gasteiger partial charge is 0.257 e. The second-order valence-corrected chi connectivity index (χ2v) is 9.71. The van der Waals surface area contributed by atoms with E-state index in [9.17, 15) is 9.59 Å². The minimum atomic E-state index is -0.299. The Morgan fingerprint density at radius 2 is 1.89 bits per heavy atom. The van der Waals surface area contributed by atoms with Gasteiger partial charge in [-0.1, -0.05) is 12.5 Å². The number of aromatic nitrogens is 4. The molecule has 0 spiro atoms. The summed E-state index contributed by atoms with van der Waals surface area (Å²) in [6, 6.07) is 9.05. The lowest BCUT2D eigenvalue weighted by molar-refractivity contribution is 0.0945. The first-order valence-corrected chi connectivity index (χ1v) is 12.9. The Balaban J connectivity index is 1.27. The number of hydrogen-bond donors (Lipinski definition) is 3. The first kappa shape index (κ1) is 25.5. The highest BCUT2D eigenvalue weighted by Crippen LogP contribution is 2.30. The van der Waals surface area contributed by atoms with E-state index in [0.717, 1.165) is 41.8 Å². The third kappa shape index (κ3) is 5.55. The van der Waals surface area contributed by atoms with Gasteiger partial charge in [0.15, 0.2) is 0 Å². The van der Waals surface area contributed by atoms with Crippen LogP contribution in [0.25, 0.3) is 22.3 Å². The van der Waals surface area contributed by atoms with Gasteiger partial charge in [-0.3, -0.25) is 14.3 Å².